The fourth-order valence-electron chi connectivity index (χ4n) is 11.0. The lowest BCUT2D eigenvalue weighted by Crippen LogP contribution is -2.62. The highest BCUT2D eigenvalue weighted by molar-refractivity contribution is 7.10. The van der Waals surface area contributed by atoms with Gasteiger partial charge >= 0.3 is 12.1 Å². The van der Waals surface area contributed by atoms with E-state index in [9.17, 15) is 28.4 Å². The highest BCUT2D eigenvalue weighted by Crippen LogP contribution is 2.45. The summed E-state index contributed by atoms with van der Waals surface area (Å²) < 4.78 is 72.3. The van der Waals surface area contributed by atoms with Gasteiger partial charge in [0.15, 0.2) is 0 Å². The largest absolute Gasteiger partial charge is 0.464 e. The van der Waals surface area contributed by atoms with Crippen LogP contribution in [0.5, 0.6) is 0 Å². The van der Waals surface area contributed by atoms with Gasteiger partial charge in [-0.1, -0.05) is 39.3 Å². The summed E-state index contributed by atoms with van der Waals surface area (Å²) >= 11 is 6.66. The number of benzene rings is 1. The van der Waals surface area contributed by atoms with Crippen LogP contribution in [0.1, 0.15) is 81.8 Å². The number of cyclic esters (lactones) is 1. The van der Waals surface area contributed by atoms with E-state index in [1.54, 1.807) is 26.1 Å². The second-order valence-electron chi connectivity index (χ2n) is 21.9. The molecule has 414 valence electrons. The van der Waals surface area contributed by atoms with Crippen molar-refractivity contribution in [3.05, 3.63) is 51.6 Å². The molecule has 17 nitrogen and oxygen atoms in total. The van der Waals surface area contributed by atoms with Crippen molar-refractivity contribution in [1.29, 1.82) is 0 Å². The van der Waals surface area contributed by atoms with Crippen molar-refractivity contribution in [2.75, 3.05) is 78.5 Å². The highest BCUT2D eigenvalue weighted by Gasteiger charge is 2.42. The lowest BCUT2D eigenvalue weighted by molar-refractivity contribution is -0.155. The molecule has 3 fully saturated rings. The summed E-state index contributed by atoms with van der Waals surface area (Å²) in [4.78, 5) is 86.4. The molecule has 6 atom stereocenters. The van der Waals surface area contributed by atoms with Crippen molar-refractivity contribution in [2.24, 2.45) is 17.3 Å². The molecule has 76 heavy (non-hydrogen) atoms. The fraction of sp³-hybridized carbons (Fsp3) is 0.604. The lowest BCUT2D eigenvalue weighted by atomic mass is 9.84. The molecule has 4 aliphatic heterocycles. The minimum Gasteiger partial charge on any atom is -0.464 e. The average molecular weight is 1100 g/mol. The Hall–Kier alpha value is -5.42. The number of aryl methyl sites for hydroxylation is 1. The Labute approximate surface area is 449 Å². The number of hydrogen-bond donors (Lipinski definition) is 2. The number of likely N-dealkylation sites (N-methyl/N-ethyl adjacent to an activating group) is 2. The van der Waals surface area contributed by atoms with Crippen LogP contribution in [0.4, 0.5) is 23.2 Å². The number of hydrogen-bond acceptors (Lipinski definition) is 13. The molecule has 3 aromatic heterocycles. The Kier molecular flexibility index (Phi) is 17.1. The van der Waals surface area contributed by atoms with Crippen LogP contribution in [-0.2, 0) is 52.8 Å². The van der Waals surface area contributed by atoms with Gasteiger partial charge in [-0.15, -0.1) is 11.3 Å². The molecule has 0 unspecified atom stereocenters. The molecule has 2 N–H and O–H groups in total. The molecule has 3 saturated heterocycles. The molecular weight excluding hydrogens is 1030 g/mol. The van der Waals surface area contributed by atoms with Gasteiger partial charge in [-0.25, -0.2) is 14.8 Å². The van der Waals surface area contributed by atoms with E-state index in [-0.39, 0.29) is 45.5 Å². The molecule has 0 radical (unpaired) electrons. The topological polar surface area (TPSA) is 175 Å². The van der Waals surface area contributed by atoms with Crippen LogP contribution in [0.3, 0.4) is 0 Å². The molecule has 0 saturated carbocycles. The van der Waals surface area contributed by atoms with Crippen molar-refractivity contribution in [3.63, 3.8) is 0 Å². The highest BCUT2D eigenvalue weighted by atomic mass is 35.5. The molecule has 7 heterocycles. The van der Waals surface area contributed by atoms with E-state index in [1.807, 2.05) is 52.3 Å². The number of nitrogens with one attached hydrogen (secondary N) is 2. The molecule has 4 aromatic rings. The van der Waals surface area contributed by atoms with Gasteiger partial charge in [0.05, 0.1) is 52.6 Å². The van der Waals surface area contributed by atoms with Crippen LogP contribution in [0.2, 0.25) is 0 Å². The first-order valence-electron chi connectivity index (χ1n) is 25.9. The Balaban J connectivity index is 1.23. The first-order valence-corrected chi connectivity index (χ1v) is 27.2. The molecule has 23 heteroatoms. The number of rotatable bonds is 11. The minimum absolute atomic E-state index is 0.0673. The predicted octanol–water partition coefficient (Wildman–Crippen LogP) is 6.67. The third-order valence-electron chi connectivity index (χ3n) is 15.1. The number of carbonyl (C=O) groups excluding carboxylic acids is 5. The molecule has 0 aliphatic carbocycles. The van der Waals surface area contributed by atoms with Crippen molar-refractivity contribution >= 4 is 69.1 Å². The molecule has 1 aromatic carbocycles. The maximum Gasteiger partial charge on any atom is 0.406 e. The zero-order valence-electron chi connectivity index (χ0n) is 44.6. The monoisotopic (exact) mass is 1100 g/mol. The van der Waals surface area contributed by atoms with Crippen LogP contribution in [0, 0.1) is 24.2 Å². The zero-order valence-corrected chi connectivity index (χ0v) is 46.1. The van der Waals surface area contributed by atoms with Gasteiger partial charge in [0.25, 0.3) is 17.4 Å². The smallest absolute Gasteiger partial charge is 0.406 e. The first kappa shape index (κ1) is 56.8. The number of fused-ring (bicyclic) bond motifs is 6. The number of esters is 1. The second kappa shape index (κ2) is 22.9. The van der Waals surface area contributed by atoms with Crippen molar-refractivity contribution in [3.8, 4) is 22.5 Å². The van der Waals surface area contributed by atoms with E-state index in [4.69, 9.17) is 31.0 Å². The number of nitrogens with zero attached hydrogens (tertiary/aromatic N) is 8. The maximum absolute atomic E-state index is 15.1. The number of alkyl halides is 5. The maximum atomic E-state index is 15.1. The van der Waals surface area contributed by atoms with Gasteiger partial charge in [-0.05, 0) is 81.8 Å². The van der Waals surface area contributed by atoms with E-state index in [0.717, 1.165) is 18.8 Å². The Morgan fingerprint density at radius 1 is 1.05 bits per heavy atom. The van der Waals surface area contributed by atoms with E-state index >= 15 is 13.2 Å². The molecule has 4 amide bonds. The third kappa shape index (κ3) is 12.3. The summed E-state index contributed by atoms with van der Waals surface area (Å²) in [5.41, 5.74) is 4.72. The van der Waals surface area contributed by atoms with E-state index < -0.39 is 89.4 Å². The summed E-state index contributed by atoms with van der Waals surface area (Å²) in [5.74, 6) is -4.36. The second-order valence-corrected chi connectivity index (χ2v) is 23.2. The lowest BCUT2D eigenvalue weighted by Gasteiger charge is -2.37. The van der Waals surface area contributed by atoms with Gasteiger partial charge in [0.1, 0.15) is 24.7 Å². The standard InChI is InChI=1S/C53H69ClF4N10O7S/c1-29(2)44(64(8)48(70)32-12-14-66(25-32)50(72)46(54)55)47(69)61-39-22-42-60-40(26-76-42)34-21-35-37(23-52(5,6)28-75-51(73)38-11-10-13-68(62-38)49(39)71)45(67(27-53(56,57)58)41(35)19-30(34)3)36-20-33(24-59-43(36)31(4)74-9)65-17-15-63(7)16-18-65/h19-21,24,26,29,31-32,38-39,44,46,62H,10-18,22-23,25,27-28H2,1-9H3,(H,61,69)/t31-,32-,38-,39-,44-,46-/m0/s1. The first-order chi connectivity index (χ1) is 35.8. The van der Waals surface area contributed by atoms with Gasteiger partial charge < -0.3 is 39.0 Å². The van der Waals surface area contributed by atoms with E-state index in [1.165, 1.54) is 44.9 Å². The zero-order chi connectivity index (χ0) is 55.1. The number of methoxy groups -OCH3 is 1. The predicted molar refractivity (Wildman–Crippen MR) is 281 cm³/mol. The molecule has 8 rings (SSSR count). The summed E-state index contributed by atoms with van der Waals surface area (Å²) in [5, 5.41) is 7.04. The number of anilines is 1. The quantitative estimate of drug-likeness (QED) is 0.0930. The van der Waals surface area contributed by atoms with Crippen LogP contribution >= 0.6 is 22.9 Å². The molecule has 6 bridgehead atoms. The third-order valence-corrected chi connectivity index (χ3v) is 16.2. The molecule has 0 spiro atoms. The number of halogens is 5. The SMILES string of the molecule is CO[C@@H](C)c1ncc(N2CCN(C)CC2)cc1-c1c2c3cc(c(C)cc3n1CC(F)(F)F)-c1csc(n1)C[C@H](NC(=O)[C@H](C(C)C)N(C)C(=O)[C@H]1CCN(C(=O)[C@H](F)Cl)C1)C(=O)N1CCC[C@H](N1)C(=O)OCC(C)(C)C2. The van der Waals surface area contributed by atoms with Gasteiger partial charge in [0.2, 0.25) is 11.8 Å². The number of thiazole rings is 1. The van der Waals surface area contributed by atoms with Gasteiger partial charge in [-0.2, -0.15) is 13.2 Å². The van der Waals surface area contributed by atoms with Crippen LogP contribution < -0.4 is 15.6 Å². The van der Waals surface area contributed by atoms with Gasteiger partial charge in [-0.3, -0.25) is 34.0 Å². The van der Waals surface area contributed by atoms with Crippen molar-refractivity contribution in [1.82, 2.24) is 45.0 Å². The number of piperazine rings is 1. The number of likely N-dealkylation sites (tertiary alicyclic amines) is 1. The summed E-state index contributed by atoms with van der Waals surface area (Å²) in [7, 11) is 5.06. The van der Waals surface area contributed by atoms with Crippen LogP contribution in [0.25, 0.3) is 33.4 Å². The summed E-state index contributed by atoms with van der Waals surface area (Å²) in [6.07, 6.45) is -2.43. The fourth-order valence-corrected chi connectivity index (χ4v) is 12.0. The normalized spacial score (nSPS) is 22.1. The Morgan fingerprint density at radius 2 is 1.78 bits per heavy atom. The van der Waals surface area contributed by atoms with E-state index in [2.05, 4.69) is 20.5 Å². The number of hydrazine groups is 1. The van der Waals surface area contributed by atoms with Gasteiger partial charge in [0, 0.05) is 99.2 Å². The van der Waals surface area contributed by atoms with Crippen molar-refractivity contribution in [2.45, 2.75) is 116 Å². The summed E-state index contributed by atoms with van der Waals surface area (Å²) in [6, 6.07) is 2.25. The summed E-state index contributed by atoms with van der Waals surface area (Å²) in [6.45, 7) is 12.7. The number of ether oxygens (including phenoxy) is 2. The number of pyridine rings is 1. The molecule has 4 aliphatic rings. The Bertz CT molecular complexity index is 2830. The van der Waals surface area contributed by atoms with Crippen molar-refractivity contribution < 1.29 is 51.0 Å². The minimum atomic E-state index is -4.64. The van der Waals surface area contributed by atoms with Crippen LogP contribution in [-0.4, -0.2) is 167 Å². The van der Waals surface area contributed by atoms with E-state index in [0.29, 0.717) is 81.2 Å². The number of amides is 4. The Morgan fingerprint density at radius 3 is 2.45 bits per heavy atom. The molecular formula is C53H69ClF4N10O7S. The average Bonchev–Trinajstić information content (AvgIpc) is 4.16. The van der Waals surface area contributed by atoms with Crippen LogP contribution in [0.15, 0.2) is 29.8 Å². The number of aromatic nitrogens is 3. The number of carbonyl (C=O) groups is 5.